The maximum absolute atomic E-state index is 13.2. The Morgan fingerprint density at radius 1 is 1.28 bits per heavy atom. The number of hydrogen-bond donors (Lipinski definition) is 0. The molecule has 1 amide bonds. The molecule has 1 aliphatic rings. The Hall–Kier alpha value is -2.11. The smallest absolute Gasteiger partial charge is 0.259 e. The first-order valence-electron chi connectivity index (χ1n) is 8.22. The summed E-state index contributed by atoms with van der Waals surface area (Å²) in [5, 5.41) is 2.05. The largest absolute Gasteiger partial charge is 0.308 e. The molecule has 1 aromatic heterocycles. The fourth-order valence-corrected chi connectivity index (χ4v) is 4.69. The number of carbonyl (C=O) groups excluding carboxylic acids is 1. The molecular formula is C20H18N2OS2. The van der Waals surface area contributed by atoms with Gasteiger partial charge in [0.25, 0.3) is 5.91 Å². The third kappa shape index (κ3) is 3.34. The highest BCUT2D eigenvalue weighted by Crippen LogP contribution is 2.33. The van der Waals surface area contributed by atoms with Crippen molar-refractivity contribution in [3.8, 4) is 0 Å². The number of carbonyl (C=O) groups is 1. The summed E-state index contributed by atoms with van der Waals surface area (Å²) in [6, 6.07) is 14.3. The summed E-state index contributed by atoms with van der Waals surface area (Å²) < 4.78 is 0. The summed E-state index contributed by atoms with van der Waals surface area (Å²) in [6.07, 6.45) is 0.926. The van der Waals surface area contributed by atoms with Crippen molar-refractivity contribution in [2.45, 2.75) is 24.0 Å². The first kappa shape index (κ1) is 16.4. The molecule has 1 aliphatic heterocycles. The molecule has 0 fully saturated rings. The van der Waals surface area contributed by atoms with Gasteiger partial charge in [-0.2, -0.15) is 0 Å². The van der Waals surface area contributed by atoms with Crippen molar-refractivity contribution >= 4 is 34.7 Å². The van der Waals surface area contributed by atoms with Crippen LogP contribution in [-0.2, 0) is 12.2 Å². The number of benzene rings is 2. The van der Waals surface area contributed by atoms with Gasteiger partial charge in [0, 0.05) is 28.3 Å². The number of amides is 1. The van der Waals surface area contributed by atoms with Crippen LogP contribution in [0.4, 0.5) is 5.69 Å². The lowest BCUT2D eigenvalue weighted by Gasteiger charge is -2.19. The van der Waals surface area contributed by atoms with Crippen molar-refractivity contribution in [1.29, 1.82) is 0 Å². The van der Waals surface area contributed by atoms with E-state index in [1.165, 1.54) is 11.1 Å². The Morgan fingerprint density at radius 3 is 3.00 bits per heavy atom. The Bertz CT molecular complexity index is 906. The van der Waals surface area contributed by atoms with Crippen LogP contribution in [0, 0.1) is 6.92 Å². The highest BCUT2D eigenvalue weighted by molar-refractivity contribution is 7.98. The lowest BCUT2D eigenvalue weighted by Crippen LogP contribution is -2.29. The Labute approximate surface area is 155 Å². The maximum atomic E-state index is 13.2. The van der Waals surface area contributed by atoms with Crippen LogP contribution in [0.3, 0.4) is 0 Å². The van der Waals surface area contributed by atoms with Gasteiger partial charge >= 0.3 is 0 Å². The molecule has 0 atom stereocenters. The second-order valence-electron chi connectivity index (χ2n) is 6.10. The normalized spacial score (nSPS) is 13.1. The van der Waals surface area contributed by atoms with E-state index in [-0.39, 0.29) is 5.91 Å². The number of thioether (sulfide) groups is 1. The first-order valence-corrected chi connectivity index (χ1v) is 10.2. The number of rotatable bonds is 4. The van der Waals surface area contributed by atoms with Gasteiger partial charge in [0.15, 0.2) is 0 Å². The third-order valence-corrected chi connectivity index (χ3v) is 6.10. The summed E-state index contributed by atoms with van der Waals surface area (Å²) in [5.41, 5.74) is 7.17. The first-order chi connectivity index (χ1) is 12.2. The molecule has 0 bridgehead atoms. The highest BCUT2D eigenvalue weighted by Gasteiger charge is 2.27. The molecule has 0 radical (unpaired) electrons. The molecule has 0 unspecified atom stereocenters. The van der Waals surface area contributed by atoms with E-state index in [1.807, 2.05) is 34.7 Å². The zero-order valence-corrected chi connectivity index (χ0v) is 15.6. The summed E-state index contributed by atoms with van der Waals surface area (Å²) in [5.74, 6) is 0.870. The van der Waals surface area contributed by atoms with E-state index in [0.717, 1.165) is 40.6 Å². The number of aromatic nitrogens is 1. The molecule has 3 nitrogen and oxygen atoms in total. The van der Waals surface area contributed by atoms with Gasteiger partial charge < -0.3 is 4.90 Å². The molecule has 2 heterocycles. The van der Waals surface area contributed by atoms with Crippen molar-refractivity contribution in [3.05, 3.63) is 75.7 Å². The van der Waals surface area contributed by atoms with Crippen LogP contribution in [0.5, 0.6) is 0 Å². The van der Waals surface area contributed by atoms with Crippen molar-refractivity contribution in [2.24, 2.45) is 0 Å². The Balaban J connectivity index is 1.60. The zero-order valence-electron chi connectivity index (χ0n) is 13.9. The molecular weight excluding hydrogens is 348 g/mol. The van der Waals surface area contributed by atoms with Crippen molar-refractivity contribution in [3.63, 3.8) is 0 Å². The van der Waals surface area contributed by atoms with Crippen LogP contribution in [-0.4, -0.2) is 17.4 Å². The highest BCUT2D eigenvalue weighted by atomic mass is 32.2. The molecule has 4 rings (SSSR count). The van der Waals surface area contributed by atoms with Gasteiger partial charge in [-0.15, -0.1) is 23.1 Å². The number of hydrogen-bond acceptors (Lipinski definition) is 4. The van der Waals surface area contributed by atoms with Crippen molar-refractivity contribution in [2.75, 3.05) is 11.4 Å². The lowest BCUT2D eigenvalue weighted by atomic mass is 10.1. The quantitative estimate of drug-likeness (QED) is 0.613. The minimum Gasteiger partial charge on any atom is -0.308 e. The summed E-state index contributed by atoms with van der Waals surface area (Å²) in [7, 11) is 0. The molecule has 0 aliphatic carbocycles. The predicted molar refractivity (Wildman–Crippen MR) is 105 cm³/mol. The van der Waals surface area contributed by atoms with Crippen LogP contribution in [0.1, 0.15) is 27.2 Å². The van der Waals surface area contributed by atoms with Gasteiger partial charge in [-0.3, -0.25) is 4.79 Å². The van der Waals surface area contributed by atoms with Crippen LogP contribution in [0.25, 0.3) is 0 Å². The van der Waals surface area contributed by atoms with E-state index in [9.17, 15) is 4.79 Å². The molecule has 25 heavy (non-hydrogen) atoms. The average molecular weight is 367 g/mol. The van der Waals surface area contributed by atoms with Crippen molar-refractivity contribution < 1.29 is 4.79 Å². The molecule has 126 valence electrons. The SMILES string of the molecule is Cc1ccc2c(c1)N(C(=O)c1ccccc1SCc1cscn1)CC2. The molecule has 0 spiro atoms. The Morgan fingerprint density at radius 2 is 2.16 bits per heavy atom. The van der Waals surface area contributed by atoms with E-state index in [0.29, 0.717) is 0 Å². The minimum absolute atomic E-state index is 0.0886. The van der Waals surface area contributed by atoms with E-state index in [2.05, 4.69) is 35.5 Å². The second kappa shape index (κ2) is 7.02. The standard InChI is InChI=1S/C20H18N2OS2/c1-14-6-7-15-8-9-22(18(15)10-14)20(23)17-4-2-3-5-19(17)25-12-16-11-24-13-21-16/h2-7,10-11,13H,8-9,12H2,1H3. The number of aryl methyl sites for hydroxylation is 1. The average Bonchev–Trinajstić information content (AvgIpc) is 3.29. The number of nitrogens with zero attached hydrogens (tertiary/aromatic N) is 2. The molecule has 0 N–H and O–H groups in total. The lowest BCUT2D eigenvalue weighted by molar-refractivity contribution is 0.0986. The maximum Gasteiger partial charge on any atom is 0.259 e. The van der Waals surface area contributed by atoms with E-state index in [4.69, 9.17) is 0 Å². The van der Waals surface area contributed by atoms with Crippen LogP contribution in [0.15, 0.2) is 58.3 Å². The van der Waals surface area contributed by atoms with E-state index in [1.54, 1.807) is 23.1 Å². The van der Waals surface area contributed by atoms with Gasteiger partial charge in [0.2, 0.25) is 0 Å². The van der Waals surface area contributed by atoms with Crippen LogP contribution >= 0.6 is 23.1 Å². The second-order valence-corrected chi connectivity index (χ2v) is 7.84. The summed E-state index contributed by atoms with van der Waals surface area (Å²) in [4.78, 5) is 20.5. The molecule has 0 saturated carbocycles. The van der Waals surface area contributed by atoms with Crippen LogP contribution in [0.2, 0.25) is 0 Å². The van der Waals surface area contributed by atoms with Gasteiger partial charge in [0.1, 0.15) is 0 Å². The fraction of sp³-hybridized carbons (Fsp3) is 0.200. The van der Waals surface area contributed by atoms with E-state index < -0.39 is 0 Å². The summed E-state index contributed by atoms with van der Waals surface area (Å²) >= 11 is 3.27. The van der Waals surface area contributed by atoms with Crippen molar-refractivity contribution in [1.82, 2.24) is 4.98 Å². The predicted octanol–water partition coefficient (Wildman–Crippen LogP) is 4.95. The number of anilines is 1. The van der Waals surface area contributed by atoms with Crippen LogP contribution < -0.4 is 4.90 Å². The topological polar surface area (TPSA) is 33.2 Å². The monoisotopic (exact) mass is 366 g/mol. The van der Waals surface area contributed by atoms with E-state index >= 15 is 0 Å². The molecule has 0 saturated heterocycles. The fourth-order valence-electron chi connectivity index (χ4n) is 3.08. The zero-order chi connectivity index (χ0) is 17.2. The summed E-state index contributed by atoms with van der Waals surface area (Å²) in [6.45, 7) is 2.82. The molecule has 3 aromatic rings. The van der Waals surface area contributed by atoms with Gasteiger partial charge in [-0.05, 0) is 42.7 Å². The van der Waals surface area contributed by atoms with Gasteiger partial charge in [0.05, 0.1) is 16.8 Å². The number of fused-ring (bicyclic) bond motifs is 1. The number of thiazole rings is 1. The minimum atomic E-state index is 0.0886. The third-order valence-electron chi connectivity index (χ3n) is 4.36. The molecule has 2 aromatic carbocycles. The van der Waals surface area contributed by atoms with Gasteiger partial charge in [-0.25, -0.2) is 4.98 Å². The Kier molecular flexibility index (Phi) is 4.59. The molecule has 5 heteroatoms. The van der Waals surface area contributed by atoms with Gasteiger partial charge in [-0.1, -0.05) is 24.3 Å².